The van der Waals surface area contributed by atoms with Crippen LogP contribution in [0.5, 0.6) is 0 Å². The van der Waals surface area contributed by atoms with Gasteiger partial charge < -0.3 is 0 Å². The van der Waals surface area contributed by atoms with Crippen molar-refractivity contribution in [2.75, 3.05) is 0 Å². The maximum Gasteiger partial charge on any atom is 0.0644 e. The number of hydrazine groups is 1. The molecule has 0 fully saturated rings. The van der Waals surface area contributed by atoms with Gasteiger partial charge in [0.2, 0.25) is 0 Å². The van der Waals surface area contributed by atoms with Crippen molar-refractivity contribution in [3.05, 3.63) is 52.3 Å². The number of benzene rings is 1. The Kier molecular flexibility index (Phi) is 4.81. The first-order valence-electron chi connectivity index (χ1n) is 6.77. The Balaban J connectivity index is 2.17. The number of nitrogens with two attached hydrogens (primary N) is 1. The van der Waals surface area contributed by atoms with E-state index in [-0.39, 0.29) is 6.04 Å². The van der Waals surface area contributed by atoms with E-state index in [0.29, 0.717) is 6.04 Å². The van der Waals surface area contributed by atoms with Crippen molar-refractivity contribution in [3.8, 4) is 0 Å². The van der Waals surface area contributed by atoms with Gasteiger partial charge in [0.25, 0.3) is 0 Å². The highest BCUT2D eigenvalue weighted by Crippen LogP contribution is 2.23. The summed E-state index contributed by atoms with van der Waals surface area (Å²) in [4.78, 5) is 0. The van der Waals surface area contributed by atoms with Crippen LogP contribution in [0, 0.1) is 6.92 Å². The van der Waals surface area contributed by atoms with E-state index in [1.54, 1.807) is 0 Å². The van der Waals surface area contributed by atoms with E-state index >= 15 is 0 Å². The first-order valence-corrected chi connectivity index (χ1v) is 7.15. The molecule has 4 nitrogen and oxygen atoms in total. The largest absolute Gasteiger partial charge is 0.271 e. The molecule has 2 aromatic rings. The minimum atomic E-state index is 0.00334. The number of rotatable bonds is 5. The summed E-state index contributed by atoms with van der Waals surface area (Å²) in [6, 6.07) is 8.41. The number of nitrogens with one attached hydrogen (secondary N) is 1. The van der Waals surface area contributed by atoms with Crippen LogP contribution in [-0.4, -0.2) is 9.78 Å². The van der Waals surface area contributed by atoms with Crippen molar-refractivity contribution in [1.29, 1.82) is 0 Å². The van der Waals surface area contributed by atoms with Gasteiger partial charge in [-0.25, -0.2) is 0 Å². The fraction of sp³-hybridized carbons (Fsp3) is 0.400. The Bertz CT molecular complexity index is 577. The molecular formula is C15H21ClN4. The molecule has 0 radical (unpaired) electrons. The molecule has 0 amide bonds. The normalized spacial score (nSPS) is 12.9. The molecule has 0 aliphatic carbocycles. The van der Waals surface area contributed by atoms with Crippen LogP contribution in [0.2, 0.25) is 5.02 Å². The highest BCUT2D eigenvalue weighted by molar-refractivity contribution is 6.31. The van der Waals surface area contributed by atoms with Crippen molar-refractivity contribution in [2.24, 2.45) is 5.84 Å². The lowest BCUT2D eigenvalue weighted by molar-refractivity contribution is 0.507. The second-order valence-corrected chi connectivity index (χ2v) is 5.72. The standard InChI is InChI=1S/C15H21ClN4/c1-10(2)20-7-6-13(19-20)9-15(18-17)12-5-4-11(3)14(16)8-12/h4-8,10,15,18H,9,17H2,1-3H3. The zero-order valence-corrected chi connectivity index (χ0v) is 12.9. The minimum Gasteiger partial charge on any atom is -0.271 e. The Hall–Kier alpha value is -1.36. The Morgan fingerprint density at radius 1 is 1.35 bits per heavy atom. The quantitative estimate of drug-likeness (QED) is 0.657. The van der Waals surface area contributed by atoms with Crippen LogP contribution < -0.4 is 11.3 Å². The fourth-order valence-corrected chi connectivity index (χ4v) is 2.27. The van der Waals surface area contributed by atoms with Gasteiger partial charge in [0, 0.05) is 23.7 Å². The molecule has 0 aliphatic rings. The van der Waals surface area contributed by atoms with Gasteiger partial charge in [0.1, 0.15) is 0 Å². The average molecular weight is 293 g/mol. The summed E-state index contributed by atoms with van der Waals surface area (Å²) < 4.78 is 1.95. The predicted molar refractivity (Wildman–Crippen MR) is 82.6 cm³/mol. The number of aromatic nitrogens is 2. The summed E-state index contributed by atoms with van der Waals surface area (Å²) in [5.74, 6) is 5.68. The fourth-order valence-electron chi connectivity index (χ4n) is 2.08. The molecule has 108 valence electrons. The molecular weight excluding hydrogens is 272 g/mol. The van der Waals surface area contributed by atoms with Gasteiger partial charge in [-0.05, 0) is 44.0 Å². The van der Waals surface area contributed by atoms with E-state index in [1.807, 2.05) is 42.1 Å². The zero-order chi connectivity index (χ0) is 14.7. The molecule has 20 heavy (non-hydrogen) atoms. The highest BCUT2D eigenvalue weighted by Gasteiger charge is 2.14. The lowest BCUT2D eigenvalue weighted by atomic mass is 10.0. The van der Waals surface area contributed by atoms with Crippen molar-refractivity contribution < 1.29 is 0 Å². The van der Waals surface area contributed by atoms with E-state index in [9.17, 15) is 0 Å². The number of hydrogen-bond acceptors (Lipinski definition) is 3. The summed E-state index contributed by atoms with van der Waals surface area (Å²) >= 11 is 6.18. The first-order chi connectivity index (χ1) is 9.51. The summed E-state index contributed by atoms with van der Waals surface area (Å²) in [7, 11) is 0. The second-order valence-electron chi connectivity index (χ2n) is 5.31. The molecule has 1 unspecified atom stereocenters. The summed E-state index contributed by atoms with van der Waals surface area (Å²) in [5, 5.41) is 5.31. The van der Waals surface area contributed by atoms with Gasteiger partial charge >= 0.3 is 0 Å². The maximum atomic E-state index is 6.18. The van der Waals surface area contributed by atoms with Crippen LogP contribution in [0.3, 0.4) is 0 Å². The summed E-state index contributed by atoms with van der Waals surface area (Å²) in [5.41, 5.74) is 5.99. The van der Waals surface area contributed by atoms with Gasteiger partial charge in [0.15, 0.2) is 0 Å². The van der Waals surface area contributed by atoms with Crippen molar-refractivity contribution in [1.82, 2.24) is 15.2 Å². The molecule has 0 saturated heterocycles. The lowest BCUT2D eigenvalue weighted by Crippen LogP contribution is -2.29. The smallest absolute Gasteiger partial charge is 0.0644 e. The number of nitrogens with zero attached hydrogens (tertiary/aromatic N) is 2. The van der Waals surface area contributed by atoms with Crippen LogP contribution in [-0.2, 0) is 6.42 Å². The zero-order valence-electron chi connectivity index (χ0n) is 12.1. The van der Waals surface area contributed by atoms with Crippen LogP contribution in [0.15, 0.2) is 30.5 Å². The van der Waals surface area contributed by atoms with Crippen LogP contribution in [0.4, 0.5) is 0 Å². The molecule has 0 bridgehead atoms. The molecule has 0 aliphatic heterocycles. The molecule has 0 spiro atoms. The maximum absolute atomic E-state index is 6.18. The van der Waals surface area contributed by atoms with Crippen molar-refractivity contribution in [2.45, 2.75) is 39.3 Å². The van der Waals surface area contributed by atoms with Crippen molar-refractivity contribution >= 4 is 11.6 Å². The first kappa shape index (κ1) is 15.0. The van der Waals surface area contributed by atoms with Crippen LogP contribution >= 0.6 is 11.6 Å². The number of aryl methyl sites for hydroxylation is 1. The SMILES string of the molecule is Cc1ccc(C(Cc2ccn(C(C)C)n2)NN)cc1Cl. The third kappa shape index (κ3) is 3.39. The van der Waals surface area contributed by atoms with Crippen LogP contribution in [0.1, 0.15) is 42.8 Å². The Labute approximate surface area is 124 Å². The van der Waals surface area contributed by atoms with E-state index in [2.05, 4.69) is 24.4 Å². The van der Waals surface area contributed by atoms with Gasteiger partial charge in [0.05, 0.1) is 11.7 Å². The van der Waals surface area contributed by atoms with Crippen LogP contribution in [0.25, 0.3) is 0 Å². The second kappa shape index (κ2) is 6.39. The Morgan fingerprint density at radius 3 is 2.65 bits per heavy atom. The summed E-state index contributed by atoms with van der Waals surface area (Å²) in [6.07, 6.45) is 2.73. The molecule has 1 aromatic heterocycles. The lowest BCUT2D eigenvalue weighted by Gasteiger charge is -2.16. The van der Waals surface area contributed by atoms with Gasteiger partial charge in [-0.3, -0.25) is 16.0 Å². The van der Waals surface area contributed by atoms with Gasteiger partial charge in [-0.1, -0.05) is 23.7 Å². The predicted octanol–water partition coefficient (Wildman–Crippen LogP) is 3.17. The Morgan fingerprint density at radius 2 is 2.10 bits per heavy atom. The molecule has 1 heterocycles. The van der Waals surface area contributed by atoms with E-state index < -0.39 is 0 Å². The number of hydrogen-bond donors (Lipinski definition) is 2. The third-order valence-corrected chi connectivity index (χ3v) is 3.81. The summed E-state index contributed by atoms with van der Waals surface area (Å²) in [6.45, 7) is 6.20. The van der Waals surface area contributed by atoms with E-state index in [1.165, 1.54) is 0 Å². The minimum absolute atomic E-state index is 0.00334. The molecule has 5 heteroatoms. The van der Waals surface area contributed by atoms with E-state index in [0.717, 1.165) is 28.3 Å². The van der Waals surface area contributed by atoms with Gasteiger partial charge in [-0.15, -0.1) is 0 Å². The molecule has 0 saturated carbocycles. The van der Waals surface area contributed by atoms with Crippen molar-refractivity contribution in [3.63, 3.8) is 0 Å². The monoisotopic (exact) mass is 292 g/mol. The van der Waals surface area contributed by atoms with E-state index in [4.69, 9.17) is 17.4 Å². The topological polar surface area (TPSA) is 55.9 Å². The molecule has 1 atom stereocenters. The molecule has 2 rings (SSSR count). The molecule has 3 N–H and O–H groups in total. The molecule has 1 aromatic carbocycles. The third-order valence-electron chi connectivity index (χ3n) is 3.41. The number of halogens is 1. The van der Waals surface area contributed by atoms with Gasteiger partial charge in [-0.2, -0.15) is 5.10 Å². The average Bonchev–Trinajstić information content (AvgIpc) is 2.88. The highest BCUT2D eigenvalue weighted by atomic mass is 35.5.